The van der Waals surface area contributed by atoms with Crippen LogP contribution in [0.2, 0.25) is 0 Å². The van der Waals surface area contributed by atoms with Gasteiger partial charge in [-0.1, -0.05) is 12.8 Å². The zero-order valence-corrected chi connectivity index (χ0v) is 7.55. The van der Waals surface area contributed by atoms with E-state index in [0.29, 0.717) is 12.3 Å². The molecule has 1 aliphatic carbocycles. The van der Waals surface area contributed by atoms with Crippen LogP contribution in [0.4, 0.5) is 0 Å². The van der Waals surface area contributed by atoms with Crippen molar-refractivity contribution in [2.75, 3.05) is 0 Å². The summed E-state index contributed by atoms with van der Waals surface area (Å²) in [6, 6.07) is 2.17. The Morgan fingerprint density at radius 2 is 2.17 bits per heavy atom. The lowest BCUT2D eigenvalue weighted by molar-refractivity contribution is -0.123. The average molecular weight is 165 g/mol. The molecule has 2 atom stereocenters. The summed E-state index contributed by atoms with van der Waals surface area (Å²) in [5.74, 6) is 0.801. The normalized spacial score (nSPS) is 29.3. The molecule has 0 aliphatic heterocycles. The summed E-state index contributed by atoms with van der Waals surface area (Å²) in [6.45, 7) is 1.65. The lowest BCUT2D eigenvalue weighted by atomic mass is 9.76. The van der Waals surface area contributed by atoms with Gasteiger partial charge in [0.1, 0.15) is 5.78 Å². The van der Waals surface area contributed by atoms with Gasteiger partial charge in [-0.2, -0.15) is 5.26 Å². The van der Waals surface area contributed by atoms with Crippen molar-refractivity contribution in [2.45, 2.75) is 39.0 Å². The van der Waals surface area contributed by atoms with Gasteiger partial charge in [0, 0.05) is 12.3 Å². The first-order valence-corrected chi connectivity index (χ1v) is 4.63. The van der Waals surface area contributed by atoms with Crippen molar-refractivity contribution in [3.05, 3.63) is 0 Å². The third-order valence-electron chi connectivity index (χ3n) is 2.78. The summed E-state index contributed by atoms with van der Waals surface area (Å²) >= 11 is 0. The monoisotopic (exact) mass is 165 g/mol. The van der Waals surface area contributed by atoms with Crippen LogP contribution in [0.15, 0.2) is 0 Å². The second-order valence-electron chi connectivity index (χ2n) is 3.62. The van der Waals surface area contributed by atoms with Gasteiger partial charge in [0.05, 0.1) is 6.07 Å². The molecule has 0 N–H and O–H groups in total. The van der Waals surface area contributed by atoms with E-state index in [-0.39, 0.29) is 11.7 Å². The van der Waals surface area contributed by atoms with E-state index in [0.717, 1.165) is 19.3 Å². The van der Waals surface area contributed by atoms with E-state index >= 15 is 0 Å². The maximum atomic E-state index is 11.2. The number of carbonyl (C=O) groups excluding carboxylic acids is 1. The van der Waals surface area contributed by atoms with E-state index in [9.17, 15) is 4.79 Å². The molecule has 0 amide bonds. The van der Waals surface area contributed by atoms with Gasteiger partial charge >= 0.3 is 0 Å². The highest BCUT2D eigenvalue weighted by molar-refractivity contribution is 5.78. The SMILES string of the molecule is CC(=O)[C@@H]1CCCC[C@H]1CC#N. The van der Waals surface area contributed by atoms with Gasteiger partial charge in [-0.25, -0.2) is 0 Å². The van der Waals surface area contributed by atoms with Crippen LogP contribution < -0.4 is 0 Å². The first-order valence-electron chi connectivity index (χ1n) is 4.63. The zero-order valence-electron chi connectivity index (χ0n) is 7.55. The second kappa shape index (κ2) is 4.25. The summed E-state index contributed by atoms with van der Waals surface area (Å²) in [5.41, 5.74) is 0. The number of Topliss-reactive ketones (excluding diaryl/α,β-unsaturated/α-hetero) is 1. The second-order valence-corrected chi connectivity index (χ2v) is 3.62. The third-order valence-corrected chi connectivity index (χ3v) is 2.78. The van der Waals surface area contributed by atoms with Crippen LogP contribution in [0.1, 0.15) is 39.0 Å². The van der Waals surface area contributed by atoms with Crippen molar-refractivity contribution in [2.24, 2.45) is 11.8 Å². The predicted molar refractivity (Wildman–Crippen MR) is 46.4 cm³/mol. The smallest absolute Gasteiger partial charge is 0.133 e. The minimum atomic E-state index is 0.179. The number of hydrogen-bond acceptors (Lipinski definition) is 2. The predicted octanol–water partition coefficient (Wildman–Crippen LogP) is 2.30. The Morgan fingerprint density at radius 3 is 2.75 bits per heavy atom. The molecular formula is C10H15NO. The molecule has 66 valence electrons. The molecular weight excluding hydrogens is 150 g/mol. The molecule has 0 unspecified atom stereocenters. The van der Waals surface area contributed by atoms with E-state index < -0.39 is 0 Å². The van der Waals surface area contributed by atoms with Crippen molar-refractivity contribution in [3.63, 3.8) is 0 Å². The van der Waals surface area contributed by atoms with Crippen molar-refractivity contribution >= 4 is 5.78 Å². The lowest BCUT2D eigenvalue weighted by Crippen LogP contribution is -2.25. The van der Waals surface area contributed by atoms with E-state index in [2.05, 4.69) is 6.07 Å². The summed E-state index contributed by atoms with van der Waals surface area (Å²) in [5, 5.41) is 8.56. The number of nitrogens with zero attached hydrogens (tertiary/aromatic N) is 1. The molecule has 0 saturated heterocycles. The van der Waals surface area contributed by atoms with Gasteiger partial charge in [0.15, 0.2) is 0 Å². The fourth-order valence-electron chi connectivity index (χ4n) is 2.10. The Hall–Kier alpha value is -0.840. The largest absolute Gasteiger partial charge is 0.300 e. The van der Waals surface area contributed by atoms with Crippen LogP contribution in [0, 0.1) is 23.2 Å². The van der Waals surface area contributed by atoms with E-state index in [1.807, 2.05) is 0 Å². The molecule has 0 aromatic carbocycles. The standard InChI is InChI=1S/C10H15NO/c1-8(12)10-5-3-2-4-9(10)6-7-11/h9-10H,2-6H2,1H3/t9-,10-/m0/s1. The quantitative estimate of drug-likeness (QED) is 0.630. The number of ketones is 1. The van der Waals surface area contributed by atoms with Crippen LogP contribution in [0.25, 0.3) is 0 Å². The first kappa shape index (κ1) is 9.25. The van der Waals surface area contributed by atoms with Crippen LogP contribution >= 0.6 is 0 Å². The topological polar surface area (TPSA) is 40.9 Å². The maximum Gasteiger partial charge on any atom is 0.133 e. The van der Waals surface area contributed by atoms with Gasteiger partial charge in [0.2, 0.25) is 0 Å². The molecule has 2 nitrogen and oxygen atoms in total. The summed E-state index contributed by atoms with van der Waals surface area (Å²) in [7, 11) is 0. The fourth-order valence-corrected chi connectivity index (χ4v) is 2.10. The summed E-state index contributed by atoms with van der Waals surface area (Å²) in [6.07, 6.45) is 4.98. The van der Waals surface area contributed by atoms with Gasteiger partial charge < -0.3 is 0 Å². The number of nitriles is 1. The van der Waals surface area contributed by atoms with E-state index in [1.54, 1.807) is 6.92 Å². The molecule has 1 rings (SSSR count). The van der Waals surface area contributed by atoms with Crippen molar-refractivity contribution in [1.82, 2.24) is 0 Å². The Morgan fingerprint density at radius 1 is 1.50 bits per heavy atom. The molecule has 1 aliphatic rings. The van der Waals surface area contributed by atoms with Crippen molar-refractivity contribution < 1.29 is 4.79 Å². The Balaban J connectivity index is 2.55. The molecule has 0 spiro atoms. The maximum absolute atomic E-state index is 11.2. The van der Waals surface area contributed by atoms with Crippen LogP contribution in [-0.2, 0) is 4.79 Å². The van der Waals surface area contributed by atoms with E-state index in [4.69, 9.17) is 5.26 Å². The summed E-state index contributed by atoms with van der Waals surface area (Å²) < 4.78 is 0. The van der Waals surface area contributed by atoms with Crippen LogP contribution in [0.5, 0.6) is 0 Å². The summed E-state index contributed by atoms with van der Waals surface area (Å²) in [4.78, 5) is 11.2. The highest BCUT2D eigenvalue weighted by Crippen LogP contribution is 2.32. The van der Waals surface area contributed by atoms with Crippen molar-refractivity contribution in [3.8, 4) is 6.07 Å². The highest BCUT2D eigenvalue weighted by Gasteiger charge is 2.27. The minimum Gasteiger partial charge on any atom is -0.300 e. The fraction of sp³-hybridized carbons (Fsp3) is 0.800. The number of hydrogen-bond donors (Lipinski definition) is 0. The average Bonchev–Trinajstić information content (AvgIpc) is 2.05. The number of rotatable bonds is 2. The Kier molecular flexibility index (Phi) is 3.28. The molecule has 1 saturated carbocycles. The van der Waals surface area contributed by atoms with E-state index in [1.165, 1.54) is 6.42 Å². The Bertz CT molecular complexity index is 204. The molecule has 0 radical (unpaired) electrons. The molecule has 0 aromatic rings. The molecule has 0 heterocycles. The van der Waals surface area contributed by atoms with Gasteiger partial charge in [0.25, 0.3) is 0 Å². The first-order chi connectivity index (χ1) is 5.75. The molecule has 0 bridgehead atoms. The zero-order chi connectivity index (χ0) is 8.97. The highest BCUT2D eigenvalue weighted by atomic mass is 16.1. The van der Waals surface area contributed by atoms with Gasteiger partial charge in [-0.3, -0.25) is 4.79 Å². The molecule has 1 fully saturated rings. The lowest BCUT2D eigenvalue weighted by Gasteiger charge is -2.27. The molecule has 2 heteroatoms. The number of carbonyl (C=O) groups is 1. The van der Waals surface area contributed by atoms with Gasteiger partial charge in [-0.15, -0.1) is 0 Å². The third kappa shape index (κ3) is 2.07. The Labute approximate surface area is 73.6 Å². The van der Waals surface area contributed by atoms with Crippen molar-refractivity contribution in [1.29, 1.82) is 5.26 Å². The van der Waals surface area contributed by atoms with Gasteiger partial charge in [-0.05, 0) is 25.7 Å². The molecule has 12 heavy (non-hydrogen) atoms. The minimum absolute atomic E-state index is 0.179. The van der Waals surface area contributed by atoms with Crippen LogP contribution in [0.3, 0.4) is 0 Å². The van der Waals surface area contributed by atoms with Crippen LogP contribution in [-0.4, -0.2) is 5.78 Å². The molecule has 0 aromatic heterocycles.